The summed E-state index contributed by atoms with van der Waals surface area (Å²) < 4.78 is 5.84. The number of benzene rings is 1. The number of halogens is 2. The number of nitrogens with zero attached hydrogens (tertiary/aromatic N) is 2. The molecule has 2 aromatic rings. The van der Waals surface area contributed by atoms with E-state index in [4.69, 9.17) is 10.2 Å². The summed E-state index contributed by atoms with van der Waals surface area (Å²) >= 11 is 0. The van der Waals surface area contributed by atoms with Crippen LogP contribution in [0.3, 0.4) is 0 Å². The Morgan fingerprint density at radius 3 is 2.54 bits per heavy atom. The number of oxazole rings is 1. The first-order valence-electron chi connectivity index (χ1n) is 9.53. The van der Waals surface area contributed by atoms with E-state index < -0.39 is 0 Å². The number of para-hydroxylation sites is 2. The van der Waals surface area contributed by atoms with Crippen molar-refractivity contribution in [3.05, 3.63) is 24.3 Å². The van der Waals surface area contributed by atoms with Crippen LogP contribution in [0.5, 0.6) is 0 Å². The van der Waals surface area contributed by atoms with Crippen molar-refractivity contribution in [3.63, 3.8) is 0 Å². The van der Waals surface area contributed by atoms with E-state index in [9.17, 15) is 4.79 Å². The van der Waals surface area contributed by atoms with Crippen molar-refractivity contribution in [1.82, 2.24) is 10.3 Å². The molecule has 3 N–H and O–H groups in total. The highest BCUT2D eigenvalue weighted by Gasteiger charge is 2.32. The van der Waals surface area contributed by atoms with Crippen LogP contribution in [0.1, 0.15) is 40.0 Å². The Morgan fingerprint density at radius 2 is 1.96 bits per heavy atom. The van der Waals surface area contributed by atoms with Crippen LogP contribution in [-0.2, 0) is 4.79 Å². The predicted octanol–water partition coefficient (Wildman–Crippen LogP) is 3.77. The van der Waals surface area contributed by atoms with Crippen molar-refractivity contribution < 1.29 is 9.21 Å². The number of rotatable bonds is 6. The molecular weight excluding hydrogens is 399 g/mol. The average Bonchev–Trinajstić information content (AvgIpc) is 3.05. The van der Waals surface area contributed by atoms with Gasteiger partial charge in [-0.3, -0.25) is 4.79 Å². The van der Waals surface area contributed by atoms with Gasteiger partial charge in [0, 0.05) is 31.1 Å². The fraction of sp³-hybridized carbons (Fsp3) is 0.600. The minimum atomic E-state index is -0.331. The minimum Gasteiger partial charge on any atom is -0.423 e. The lowest BCUT2D eigenvalue weighted by atomic mass is 9.88. The molecule has 1 fully saturated rings. The standard InChI is InChI=1S/C20H30N4O2.2ClH/c1-14(2)12-20(3,13-21)23-18(25)15-8-10-24(11-9-15)19-22-16-6-4-5-7-17(16)26-19;;/h4-7,14-15H,8-13,21H2,1-3H3,(H,23,25);2*1H. The van der Waals surface area contributed by atoms with Crippen molar-refractivity contribution >= 4 is 47.8 Å². The van der Waals surface area contributed by atoms with E-state index >= 15 is 0 Å². The third-order valence-corrected chi connectivity index (χ3v) is 5.15. The molecule has 1 saturated heterocycles. The van der Waals surface area contributed by atoms with Gasteiger partial charge in [0.15, 0.2) is 5.58 Å². The van der Waals surface area contributed by atoms with Crippen LogP contribution in [0.2, 0.25) is 0 Å². The molecule has 1 aliphatic rings. The Labute approximate surface area is 179 Å². The highest BCUT2D eigenvalue weighted by molar-refractivity contribution is 5.85. The lowest BCUT2D eigenvalue weighted by molar-refractivity contribution is -0.127. The average molecular weight is 431 g/mol. The minimum absolute atomic E-state index is 0. The maximum Gasteiger partial charge on any atom is 0.298 e. The Hall–Kier alpha value is -1.50. The van der Waals surface area contributed by atoms with Crippen LogP contribution in [0.15, 0.2) is 28.7 Å². The second-order valence-corrected chi connectivity index (χ2v) is 8.08. The molecule has 0 radical (unpaired) electrons. The van der Waals surface area contributed by atoms with Gasteiger partial charge in [0.2, 0.25) is 5.91 Å². The SMILES string of the molecule is CC(C)CC(C)(CN)NC(=O)C1CCN(c2nc3ccccc3o2)CC1.Cl.Cl. The van der Waals surface area contributed by atoms with E-state index in [1.54, 1.807) is 0 Å². The van der Waals surface area contributed by atoms with Gasteiger partial charge in [-0.2, -0.15) is 4.98 Å². The van der Waals surface area contributed by atoms with Gasteiger partial charge in [-0.05, 0) is 44.2 Å². The summed E-state index contributed by atoms with van der Waals surface area (Å²) in [5, 5.41) is 3.20. The van der Waals surface area contributed by atoms with Crippen molar-refractivity contribution in [2.75, 3.05) is 24.5 Å². The molecule has 158 valence electrons. The monoisotopic (exact) mass is 430 g/mol. The topological polar surface area (TPSA) is 84.4 Å². The van der Waals surface area contributed by atoms with Crippen molar-refractivity contribution in [2.45, 2.75) is 45.6 Å². The fourth-order valence-corrected chi connectivity index (χ4v) is 3.81. The summed E-state index contributed by atoms with van der Waals surface area (Å²) in [6, 6.07) is 8.42. The zero-order chi connectivity index (χ0) is 18.7. The Kier molecular flexibility index (Phi) is 9.05. The van der Waals surface area contributed by atoms with Crippen molar-refractivity contribution in [3.8, 4) is 0 Å². The van der Waals surface area contributed by atoms with Gasteiger partial charge >= 0.3 is 0 Å². The number of aromatic nitrogens is 1. The maximum absolute atomic E-state index is 12.7. The molecule has 3 rings (SSSR count). The molecule has 1 atom stereocenters. The molecule has 1 unspecified atom stereocenters. The van der Waals surface area contributed by atoms with Gasteiger partial charge in [-0.15, -0.1) is 24.8 Å². The summed E-state index contributed by atoms with van der Waals surface area (Å²) in [4.78, 5) is 19.4. The van der Waals surface area contributed by atoms with Crippen molar-refractivity contribution in [1.29, 1.82) is 0 Å². The first-order valence-corrected chi connectivity index (χ1v) is 9.53. The molecule has 0 bridgehead atoms. The Bertz CT molecular complexity index is 726. The molecule has 6 nitrogen and oxygen atoms in total. The summed E-state index contributed by atoms with van der Waals surface area (Å²) in [6.07, 6.45) is 2.48. The third-order valence-electron chi connectivity index (χ3n) is 5.15. The molecule has 2 heterocycles. The first-order chi connectivity index (χ1) is 12.4. The number of carbonyl (C=O) groups is 1. The normalized spacial score (nSPS) is 17.0. The van der Waals surface area contributed by atoms with Gasteiger partial charge in [0.25, 0.3) is 6.01 Å². The smallest absolute Gasteiger partial charge is 0.298 e. The quantitative estimate of drug-likeness (QED) is 0.728. The number of hydrogen-bond donors (Lipinski definition) is 2. The molecule has 8 heteroatoms. The first kappa shape index (κ1) is 24.5. The number of hydrogen-bond acceptors (Lipinski definition) is 5. The van der Waals surface area contributed by atoms with E-state index in [-0.39, 0.29) is 42.2 Å². The number of amides is 1. The summed E-state index contributed by atoms with van der Waals surface area (Å²) in [5.41, 5.74) is 7.26. The van der Waals surface area contributed by atoms with E-state index in [0.717, 1.165) is 43.5 Å². The molecule has 0 spiro atoms. The fourth-order valence-electron chi connectivity index (χ4n) is 3.81. The zero-order valence-electron chi connectivity index (χ0n) is 16.8. The third kappa shape index (κ3) is 5.75. The number of nitrogens with two attached hydrogens (primary N) is 1. The van der Waals surface area contributed by atoms with Crippen LogP contribution >= 0.6 is 24.8 Å². The summed E-state index contributed by atoms with van der Waals surface area (Å²) in [5.74, 6) is 0.634. The van der Waals surface area contributed by atoms with E-state index in [0.29, 0.717) is 18.5 Å². The lowest BCUT2D eigenvalue weighted by Crippen LogP contribution is -2.54. The number of carbonyl (C=O) groups excluding carboxylic acids is 1. The van der Waals surface area contributed by atoms with Gasteiger partial charge < -0.3 is 20.4 Å². The highest BCUT2D eigenvalue weighted by atomic mass is 35.5. The number of nitrogens with one attached hydrogen (secondary N) is 1. The second kappa shape index (κ2) is 10.3. The van der Waals surface area contributed by atoms with E-state index in [2.05, 4.69) is 29.0 Å². The van der Waals surface area contributed by atoms with Crippen molar-refractivity contribution in [2.24, 2.45) is 17.6 Å². The molecule has 1 amide bonds. The van der Waals surface area contributed by atoms with Gasteiger partial charge in [0.05, 0.1) is 0 Å². The van der Waals surface area contributed by atoms with Crippen LogP contribution < -0.4 is 16.0 Å². The summed E-state index contributed by atoms with van der Waals surface area (Å²) in [6.45, 7) is 8.34. The van der Waals surface area contributed by atoms with Crippen LogP contribution in [0.25, 0.3) is 11.1 Å². The molecule has 0 saturated carbocycles. The second-order valence-electron chi connectivity index (χ2n) is 8.08. The van der Waals surface area contributed by atoms with Crippen LogP contribution in [-0.4, -0.2) is 36.1 Å². The predicted molar refractivity (Wildman–Crippen MR) is 118 cm³/mol. The van der Waals surface area contributed by atoms with Gasteiger partial charge in [-0.1, -0.05) is 26.0 Å². The van der Waals surface area contributed by atoms with Crippen LogP contribution in [0.4, 0.5) is 6.01 Å². The lowest BCUT2D eigenvalue weighted by Gasteiger charge is -2.35. The number of piperidine rings is 1. The highest BCUT2D eigenvalue weighted by Crippen LogP contribution is 2.27. The van der Waals surface area contributed by atoms with Gasteiger partial charge in [-0.25, -0.2) is 0 Å². The Morgan fingerprint density at radius 1 is 1.32 bits per heavy atom. The Balaban J connectivity index is 0.00000196. The maximum atomic E-state index is 12.7. The molecule has 1 aromatic heterocycles. The van der Waals surface area contributed by atoms with Gasteiger partial charge in [0.1, 0.15) is 5.52 Å². The van der Waals surface area contributed by atoms with Crippen LogP contribution in [0, 0.1) is 11.8 Å². The number of anilines is 1. The molecule has 1 aromatic carbocycles. The molecule has 28 heavy (non-hydrogen) atoms. The molecular formula is C20H32Cl2N4O2. The summed E-state index contributed by atoms with van der Waals surface area (Å²) in [7, 11) is 0. The number of fused-ring (bicyclic) bond motifs is 1. The largest absolute Gasteiger partial charge is 0.423 e. The molecule has 0 aliphatic carbocycles. The van der Waals surface area contributed by atoms with E-state index in [1.165, 1.54) is 0 Å². The zero-order valence-corrected chi connectivity index (χ0v) is 18.4. The molecule has 1 aliphatic heterocycles. The van der Waals surface area contributed by atoms with E-state index in [1.807, 2.05) is 31.2 Å².